The number of rotatable bonds is 3. The van der Waals surface area contributed by atoms with Crippen molar-refractivity contribution in [2.75, 3.05) is 32.1 Å². The third kappa shape index (κ3) is 2.90. The van der Waals surface area contributed by atoms with Gasteiger partial charge in [0.15, 0.2) is 0 Å². The van der Waals surface area contributed by atoms with Crippen LogP contribution in [0.3, 0.4) is 0 Å². The molecule has 1 aliphatic heterocycles. The van der Waals surface area contributed by atoms with Crippen molar-refractivity contribution in [2.24, 2.45) is 5.92 Å². The lowest BCUT2D eigenvalue weighted by Gasteiger charge is -2.20. The largest absolute Gasteiger partial charge is 0.478 e. The highest BCUT2D eigenvalue weighted by Crippen LogP contribution is 2.20. The first kappa shape index (κ1) is 13.5. The first-order chi connectivity index (χ1) is 8.99. The van der Waals surface area contributed by atoms with Crippen molar-refractivity contribution in [2.45, 2.75) is 6.42 Å². The number of carbonyl (C=O) groups excluding carboxylic acids is 1. The minimum absolute atomic E-state index is 0.0145. The Bertz CT molecular complexity index is 504. The molecule has 0 radical (unpaired) electrons. The Morgan fingerprint density at radius 1 is 1.53 bits per heavy atom. The third-order valence-corrected chi connectivity index (χ3v) is 3.41. The summed E-state index contributed by atoms with van der Waals surface area (Å²) < 4.78 is 0. The maximum atomic E-state index is 12.3. The monoisotopic (exact) mass is 263 g/mol. The number of aromatic nitrogens is 1. The molecule has 6 nitrogen and oxygen atoms in total. The van der Waals surface area contributed by atoms with Crippen molar-refractivity contribution in [3.63, 3.8) is 0 Å². The zero-order valence-corrected chi connectivity index (χ0v) is 11.0. The van der Waals surface area contributed by atoms with Gasteiger partial charge in [0.25, 0.3) is 0 Å². The highest BCUT2D eigenvalue weighted by molar-refractivity contribution is 5.95. The number of carbonyl (C=O) groups is 2. The molecular formula is C13H17N3O3. The number of carboxylic acid groups (broad SMARTS) is 1. The predicted molar refractivity (Wildman–Crippen MR) is 70.2 cm³/mol. The Morgan fingerprint density at radius 2 is 2.26 bits per heavy atom. The Labute approximate surface area is 111 Å². The van der Waals surface area contributed by atoms with Crippen LogP contribution in [0.4, 0.5) is 5.82 Å². The average Bonchev–Trinajstić information content (AvgIpc) is 2.84. The van der Waals surface area contributed by atoms with Gasteiger partial charge in [-0.15, -0.1) is 0 Å². The molecule has 6 heteroatoms. The van der Waals surface area contributed by atoms with Gasteiger partial charge in [-0.3, -0.25) is 9.69 Å². The van der Waals surface area contributed by atoms with Crippen molar-refractivity contribution in [1.82, 2.24) is 9.88 Å². The fourth-order valence-electron chi connectivity index (χ4n) is 2.26. The van der Waals surface area contributed by atoms with Crippen LogP contribution in [0, 0.1) is 5.92 Å². The van der Waals surface area contributed by atoms with Gasteiger partial charge in [0.05, 0.1) is 11.5 Å². The smallest absolute Gasteiger partial charge is 0.335 e. The molecule has 19 heavy (non-hydrogen) atoms. The van der Waals surface area contributed by atoms with Crippen LogP contribution in [0.25, 0.3) is 0 Å². The summed E-state index contributed by atoms with van der Waals surface area (Å²) in [6, 6.07) is 2.83. The molecule has 1 amide bonds. The van der Waals surface area contributed by atoms with E-state index in [2.05, 4.69) is 9.88 Å². The summed E-state index contributed by atoms with van der Waals surface area (Å²) in [6.07, 6.45) is 2.24. The molecule has 1 fully saturated rings. The molecule has 1 N–H and O–H groups in total. The average molecular weight is 263 g/mol. The van der Waals surface area contributed by atoms with Gasteiger partial charge in [0.2, 0.25) is 5.91 Å². The van der Waals surface area contributed by atoms with Crippen molar-refractivity contribution >= 4 is 17.7 Å². The number of aromatic carboxylic acids is 1. The van der Waals surface area contributed by atoms with E-state index in [4.69, 9.17) is 5.11 Å². The van der Waals surface area contributed by atoms with Gasteiger partial charge in [0.1, 0.15) is 5.82 Å². The van der Waals surface area contributed by atoms with E-state index in [1.54, 1.807) is 7.05 Å². The molecular weight excluding hydrogens is 246 g/mol. The topological polar surface area (TPSA) is 73.7 Å². The lowest BCUT2D eigenvalue weighted by Crippen LogP contribution is -2.34. The van der Waals surface area contributed by atoms with E-state index in [1.165, 1.54) is 23.2 Å². The number of hydrogen-bond donors (Lipinski definition) is 1. The summed E-state index contributed by atoms with van der Waals surface area (Å²) in [5.41, 5.74) is 0.133. The molecule has 1 aromatic heterocycles. The van der Waals surface area contributed by atoms with Crippen LogP contribution in [0.1, 0.15) is 16.8 Å². The predicted octanol–water partition coefficient (Wildman–Crippen LogP) is 0.694. The standard InChI is InChI=1S/C13H17N3O3/c1-15-6-4-10(8-15)12(17)16(2)11-7-9(13(18)19)3-5-14-11/h3,5,7,10H,4,6,8H2,1-2H3,(H,18,19). The van der Waals surface area contributed by atoms with Crippen molar-refractivity contribution in [3.8, 4) is 0 Å². The summed E-state index contributed by atoms with van der Waals surface area (Å²) in [4.78, 5) is 30.8. The lowest BCUT2D eigenvalue weighted by atomic mass is 10.1. The minimum atomic E-state index is -1.02. The molecule has 1 atom stereocenters. The molecule has 0 saturated carbocycles. The normalized spacial score (nSPS) is 19.4. The van der Waals surface area contributed by atoms with E-state index in [-0.39, 0.29) is 17.4 Å². The summed E-state index contributed by atoms with van der Waals surface area (Å²) in [5, 5.41) is 8.94. The number of hydrogen-bond acceptors (Lipinski definition) is 4. The van der Waals surface area contributed by atoms with Crippen LogP contribution in [0.5, 0.6) is 0 Å². The first-order valence-electron chi connectivity index (χ1n) is 6.14. The molecule has 0 bridgehead atoms. The van der Waals surface area contributed by atoms with Crippen LogP contribution in [-0.2, 0) is 4.79 Å². The summed E-state index contributed by atoms with van der Waals surface area (Å²) in [6.45, 7) is 1.65. The maximum absolute atomic E-state index is 12.3. The van der Waals surface area contributed by atoms with E-state index in [0.717, 1.165) is 19.5 Å². The molecule has 1 unspecified atom stereocenters. The highest BCUT2D eigenvalue weighted by atomic mass is 16.4. The second kappa shape index (κ2) is 5.36. The Morgan fingerprint density at radius 3 is 2.84 bits per heavy atom. The van der Waals surface area contributed by atoms with Gasteiger partial charge in [-0.05, 0) is 32.1 Å². The molecule has 1 aromatic rings. The molecule has 0 aliphatic carbocycles. The number of likely N-dealkylation sites (tertiary alicyclic amines) is 1. The van der Waals surface area contributed by atoms with Gasteiger partial charge >= 0.3 is 5.97 Å². The molecule has 102 valence electrons. The van der Waals surface area contributed by atoms with Gasteiger partial charge in [0, 0.05) is 19.8 Å². The molecule has 1 aliphatic rings. The Balaban J connectivity index is 2.14. The number of carboxylic acids is 1. The lowest BCUT2D eigenvalue weighted by molar-refractivity contribution is -0.121. The quantitative estimate of drug-likeness (QED) is 0.868. The number of anilines is 1. The molecule has 2 heterocycles. The molecule has 0 aromatic carbocycles. The van der Waals surface area contributed by atoms with Gasteiger partial charge < -0.3 is 10.0 Å². The highest BCUT2D eigenvalue weighted by Gasteiger charge is 2.29. The van der Waals surface area contributed by atoms with Crippen molar-refractivity contribution in [3.05, 3.63) is 23.9 Å². The van der Waals surface area contributed by atoms with E-state index in [1.807, 2.05) is 7.05 Å². The summed E-state index contributed by atoms with van der Waals surface area (Å²) in [5.74, 6) is -0.700. The second-order valence-corrected chi connectivity index (χ2v) is 4.85. The zero-order valence-electron chi connectivity index (χ0n) is 11.0. The van der Waals surface area contributed by atoms with E-state index < -0.39 is 5.97 Å². The number of pyridine rings is 1. The Kier molecular flexibility index (Phi) is 3.80. The fraction of sp³-hybridized carbons (Fsp3) is 0.462. The minimum Gasteiger partial charge on any atom is -0.478 e. The van der Waals surface area contributed by atoms with E-state index >= 15 is 0 Å². The van der Waals surface area contributed by atoms with E-state index in [9.17, 15) is 9.59 Å². The zero-order chi connectivity index (χ0) is 14.0. The van der Waals surface area contributed by atoms with Crippen LogP contribution in [0.2, 0.25) is 0 Å². The molecule has 2 rings (SSSR count). The van der Waals surface area contributed by atoms with Gasteiger partial charge in [-0.1, -0.05) is 0 Å². The SMILES string of the molecule is CN1CCC(C(=O)N(C)c2cc(C(=O)O)ccn2)C1. The number of amides is 1. The molecule has 1 saturated heterocycles. The van der Waals surface area contributed by atoms with Crippen LogP contribution in [-0.4, -0.2) is 54.1 Å². The first-order valence-corrected chi connectivity index (χ1v) is 6.14. The third-order valence-electron chi connectivity index (χ3n) is 3.41. The van der Waals surface area contributed by atoms with Crippen LogP contribution < -0.4 is 4.90 Å². The van der Waals surface area contributed by atoms with Crippen LogP contribution in [0.15, 0.2) is 18.3 Å². The van der Waals surface area contributed by atoms with Crippen LogP contribution >= 0.6 is 0 Å². The second-order valence-electron chi connectivity index (χ2n) is 4.85. The number of nitrogens with zero attached hydrogens (tertiary/aromatic N) is 3. The van der Waals surface area contributed by atoms with Gasteiger partial charge in [-0.2, -0.15) is 0 Å². The van der Waals surface area contributed by atoms with E-state index in [0.29, 0.717) is 5.82 Å². The van der Waals surface area contributed by atoms with Gasteiger partial charge in [-0.25, -0.2) is 9.78 Å². The summed E-state index contributed by atoms with van der Waals surface area (Å²) >= 11 is 0. The fourth-order valence-corrected chi connectivity index (χ4v) is 2.26. The van der Waals surface area contributed by atoms with Crippen molar-refractivity contribution in [1.29, 1.82) is 0 Å². The van der Waals surface area contributed by atoms with Crippen molar-refractivity contribution < 1.29 is 14.7 Å². The summed E-state index contributed by atoms with van der Waals surface area (Å²) in [7, 11) is 3.62. The maximum Gasteiger partial charge on any atom is 0.335 e. The Hall–Kier alpha value is -1.95. The molecule has 0 spiro atoms.